The third-order valence-electron chi connectivity index (χ3n) is 4.85. The molecule has 2 bridgehead atoms. The summed E-state index contributed by atoms with van der Waals surface area (Å²) >= 11 is 3.22. The van der Waals surface area contributed by atoms with E-state index >= 15 is 0 Å². The summed E-state index contributed by atoms with van der Waals surface area (Å²) in [5, 5.41) is 2.58. The van der Waals surface area contributed by atoms with Gasteiger partial charge in [-0.05, 0) is 52.4 Å². The van der Waals surface area contributed by atoms with Crippen LogP contribution < -0.4 is 11.1 Å². The molecule has 1 aromatic carbocycles. The van der Waals surface area contributed by atoms with Gasteiger partial charge >= 0.3 is 0 Å². The van der Waals surface area contributed by atoms with E-state index in [9.17, 15) is 14.0 Å². The van der Waals surface area contributed by atoms with Crippen LogP contribution in [-0.4, -0.2) is 21.9 Å². The molecule has 124 valence electrons. The highest BCUT2D eigenvalue weighted by atomic mass is 79.9. The lowest BCUT2D eigenvalue weighted by Gasteiger charge is -2.35. The predicted molar refractivity (Wildman–Crippen MR) is 87.8 cm³/mol. The first-order valence-corrected chi connectivity index (χ1v) is 8.37. The van der Waals surface area contributed by atoms with Crippen LogP contribution >= 0.6 is 15.9 Å². The number of benzene rings is 1. The molecule has 3 aliphatic rings. The number of primary amides is 1. The number of nitrogens with zero attached hydrogens (tertiary/aromatic N) is 2. The summed E-state index contributed by atoms with van der Waals surface area (Å²) in [6.45, 7) is 0.174. The molecule has 0 spiro atoms. The molecule has 24 heavy (non-hydrogen) atoms. The van der Waals surface area contributed by atoms with E-state index in [1.54, 1.807) is 6.07 Å². The van der Waals surface area contributed by atoms with Crippen LogP contribution in [0.5, 0.6) is 0 Å². The van der Waals surface area contributed by atoms with Crippen LogP contribution in [-0.2, 0) is 11.3 Å². The molecule has 0 radical (unpaired) electrons. The Kier molecular flexibility index (Phi) is 3.45. The molecule has 1 aliphatic carbocycles. The van der Waals surface area contributed by atoms with Crippen LogP contribution in [0.3, 0.4) is 0 Å². The van der Waals surface area contributed by atoms with Crippen molar-refractivity contribution in [2.24, 2.45) is 5.73 Å². The van der Waals surface area contributed by atoms with E-state index in [0.717, 1.165) is 24.0 Å². The molecular weight excluding hydrogens is 379 g/mol. The van der Waals surface area contributed by atoms with Crippen LogP contribution in [0.1, 0.15) is 46.5 Å². The molecule has 1 fully saturated rings. The lowest BCUT2D eigenvalue weighted by atomic mass is 9.75. The molecule has 2 aliphatic heterocycles. The second-order valence-corrected chi connectivity index (χ2v) is 6.99. The average Bonchev–Trinajstić information content (AvgIpc) is 2.75. The second kappa shape index (κ2) is 5.41. The fraction of sp³-hybridized carbons (Fsp3) is 0.312. The Bertz CT molecular complexity index is 873. The maximum absolute atomic E-state index is 14.0. The summed E-state index contributed by atoms with van der Waals surface area (Å²) in [5.41, 5.74) is 7.92. The zero-order chi connectivity index (χ0) is 17.0. The molecule has 2 amide bonds. The number of rotatable bonds is 4. The van der Waals surface area contributed by atoms with E-state index < -0.39 is 5.91 Å². The number of nitrogens with two attached hydrogens (primary N) is 1. The summed E-state index contributed by atoms with van der Waals surface area (Å²) in [7, 11) is 0. The highest BCUT2D eigenvalue weighted by molar-refractivity contribution is 9.10. The van der Waals surface area contributed by atoms with Crippen LogP contribution in [0, 0.1) is 5.82 Å². The topological polar surface area (TPSA) is 90.0 Å². The van der Waals surface area contributed by atoms with Crippen molar-refractivity contribution < 1.29 is 14.0 Å². The smallest absolute Gasteiger partial charge is 0.269 e. The van der Waals surface area contributed by atoms with Crippen molar-refractivity contribution in [2.45, 2.75) is 31.3 Å². The Balaban J connectivity index is 1.98. The number of halogens is 2. The first kappa shape index (κ1) is 15.3. The predicted octanol–water partition coefficient (Wildman–Crippen LogP) is 2.23. The van der Waals surface area contributed by atoms with Crippen molar-refractivity contribution in [3.8, 4) is 11.4 Å². The summed E-state index contributed by atoms with van der Waals surface area (Å²) in [4.78, 5) is 26.9. The highest BCUT2D eigenvalue weighted by Gasteiger charge is 2.41. The largest absolute Gasteiger partial charge is 0.364 e. The molecule has 3 heterocycles. The number of amides is 2. The van der Waals surface area contributed by atoms with E-state index in [1.165, 1.54) is 6.07 Å². The van der Waals surface area contributed by atoms with Gasteiger partial charge in [-0.1, -0.05) is 0 Å². The third kappa shape index (κ3) is 2.09. The van der Waals surface area contributed by atoms with E-state index in [-0.39, 0.29) is 30.0 Å². The average molecular weight is 393 g/mol. The van der Waals surface area contributed by atoms with Gasteiger partial charge in [0.15, 0.2) is 5.69 Å². The third-order valence-corrected chi connectivity index (χ3v) is 5.46. The first-order valence-electron chi connectivity index (χ1n) is 7.58. The molecule has 3 N–H and O–H groups in total. The SMILES string of the molecule is NC(=O)c1nc2n(c1CNC=O)C1CC(C1)c1cc(F)c(Br)cc1-2. The molecule has 0 saturated heterocycles. The minimum atomic E-state index is -0.642. The van der Waals surface area contributed by atoms with Gasteiger partial charge in [-0.2, -0.15) is 0 Å². The summed E-state index contributed by atoms with van der Waals surface area (Å²) in [5.74, 6) is -0.0718. The number of hydrogen-bond donors (Lipinski definition) is 2. The Hall–Kier alpha value is -2.22. The molecule has 8 heteroatoms. The van der Waals surface area contributed by atoms with Gasteiger partial charge in [-0.25, -0.2) is 9.37 Å². The number of nitrogens with one attached hydrogen (secondary N) is 1. The summed E-state index contributed by atoms with van der Waals surface area (Å²) < 4.78 is 16.3. The van der Waals surface area contributed by atoms with Crippen molar-refractivity contribution in [2.75, 3.05) is 0 Å². The first-order chi connectivity index (χ1) is 11.5. The zero-order valence-electron chi connectivity index (χ0n) is 12.6. The maximum atomic E-state index is 14.0. The van der Waals surface area contributed by atoms with Gasteiger partial charge in [0.2, 0.25) is 6.41 Å². The van der Waals surface area contributed by atoms with Crippen LogP contribution in [0.2, 0.25) is 0 Å². The number of aromatic nitrogens is 2. The van der Waals surface area contributed by atoms with E-state index in [0.29, 0.717) is 22.4 Å². The minimum Gasteiger partial charge on any atom is -0.364 e. The standard InChI is InChI=1S/C16H14BrFN4O2/c17-11-3-10-9(4-12(11)18)7-1-8(2-7)22-13(5-20-6-23)14(15(19)24)21-16(10)22/h3-4,6-8H,1-2,5H2,(H2,19,24)(H,20,23). The van der Waals surface area contributed by atoms with Gasteiger partial charge in [0, 0.05) is 11.6 Å². The molecule has 2 aromatic rings. The molecule has 6 nitrogen and oxygen atoms in total. The summed E-state index contributed by atoms with van der Waals surface area (Å²) in [6.07, 6.45) is 2.28. The molecule has 1 aromatic heterocycles. The Morgan fingerprint density at radius 3 is 2.92 bits per heavy atom. The van der Waals surface area contributed by atoms with Crippen molar-refractivity contribution >= 4 is 28.2 Å². The van der Waals surface area contributed by atoms with E-state index in [2.05, 4.69) is 26.2 Å². The quantitative estimate of drug-likeness (QED) is 0.781. The van der Waals surface area contributed by atoms with Crippen molar-refractivity contribution in [3.63, 3.8) is 0 Å². The lowest BCUT2D eigenvalue weighted by Crippen LogP contribution is -2.27. The zero-order valence-corrected chi connectivity index (χ0v) is 14.1. The van der Waals surface area contributed by atoms with Crippen LogP contribution in [0.15, 0.2) is 16.6 Å². The Morgan fingerprint density at radius 2 is 2.25 bits per heavy atom. The van der Waals surface area contributed by atoms with E-state index in [1.807, 2.05) is 4.57 Å². The molecule has 0 atom stereocenters. The Morgan fingerprint density at radius 1 is 1.50 bits per heavy atom. The van der Waals surface area contributed by atoms with Crippen LogP contribution in [0.25, 0.3) is 11.4 Å². The van der Waals surface area contributed by atoms with Gasteiger partial charge in [0.05, 0.1) is 16.7 Å². The lowest BCUT2D eigenvalue weighted by molar-refractivity contribution is -0.109. The van der Waals surface area contributed by atoms with Gasteiger partial charge in [-0.3, -0.25) is 9.59 Å². The molecule has 0 unspecified atom stereocenters. The number of imidazole rings is 1. The van der Waals surface area contributed by atoms with Crippen molar-refractivity contribution in [3.05, 3.63) is 39.4 Å². The number of carbonyl (C=O) groups excluding carboxylic acids is 2. The van der Waals surface area contributed by atoms with Gasteiger partial charge in [-0.15, -0.1) is 0 Å². The molecular formula is C16H14BrFN4O2. The fourth-order valence-corrected chi connectivity index (χ4v) is 4.04. The second-order valence-electron chi connectivity index (χ2n) is 6.14. The number of hydrogen-bond acceptors (Lipinski definition) is 3. The van der Waals surface area contributed by atoms with Crippen LogP contribution in [0.4, 0.5) is 4.39 Å². The van der Waals surface area contributed by atoms with Gasteiger partial charge < -0.3 is 15.6 Å². The number of carbonyl (C=O) groups is 2. The monoisotopic (exact) mass is 392 g/mol. The molecule has 5 rings (SSSR count). The normalized spacial score (nSPS) is 20.4. The summed E-state index contributed by atoms with van der Waals surface area (Å²) in [6, 6.07) is 3.41. The van der Waals surface area contributed by atoms with Crippen molar-refractivity contribution in [1.82, 2.24) is 14.9 Å². The minimum absolute atomic E-state index is 0.149. The maximum Gasteiger partial charge on any atom is 0.269 e. The molecule has 1 saturated carbocycles. The van der Waals surface area contributed by atoms with Gasteiger partial charge in [0.25, 0.3) is 5.91 Å². The van der Waals surface area contributed by atoms with Gasteiger partial charge in [0.1, 0.15) is 11.6 Å². The van der Waals surface area contributed by atoms with E-state index in [4.69, 9.17) is 5.73 Å². The highest BCUT2D eigenvalue weighted by Crippen LogP contribution is 2.53. The fourth-order valence-electron chi connectivity index (χ4n) is 3.70. The Labute approximate surface area is 145 Å². The van der Waals surface area contributed by atoms with Crippen molar-refractivity contribution in [1.29, 1.82) is 0 Å².